The Morgan fingerprint density at radius 2 is 2.06 bits per heavy atom. The Balaban J connectivity index is 2.53. The van der Waals surface area contributed by atoms with E-state index in [9.17, 15) is 5.11 Å². The predicted molar refractivity (Wildman–Crippen MR) is 71.3 cm³/mol. The highest BCUT2D eigenvalue weighted by Crippen LogP contribution is 2.16. The van der Waals surface area contributed by atoms with E-state index >= 15 is 0 Å². The molecule has 3 heteroatoms. The molecule has 0 amide bonds. The standard InChI is InChI=1S/C13H20BrNO/c1-3-10(2)13(9-16)15-8-11-6-4-5-7-12(11)14/h4-7,10,13,15-16H,3,8-9H2,1-2H3. The largest absolute Gasteiger partial charge is 0.395 e. The SMILES string of the molecule is CCC(C)C(CO)NCc1ccccc1Br. The van der Waals surface area contributed by atoms with Crippen molar-refractivity contribution in [2.24, 2.45) is 5.92 Å². The number of benzene rings is 1. The lowest BCUT2D eigenvalue weighted by molar-refractivity contribution is 0.201. The Bertz CT molecular complexity index is 317. The summed E-state index contributed by atoms with van der Waals surface area (Å²) in [6.07, 6.45) is 1.08. The highest BCUT2D eigenvalue weighted by Gasteiger charge is 2.14. The van der Waals surface area contributed by atoms with Crippen LogP contribution in [0.1, 0.15) is 25.8 Å². The van der Waals surface area contributed by atoms with E-state index in [1.807, 2.05) is 18.2 Å². The molecule has 0 radical (unpaired) electrons. The van der Waals surface area contributed by atoms with Crippen LogP contribution in [0.25, 0.3) is 0 Å². The molecule has 1 rings (SSSR count). The van der Waals surface area contributed by atoms with Gasteiger partial charge >= 0.3 is 0 Å². The lowest BCUT2D eigenvalue weighted by Crippen LogP contribution is -2.37. The minimum atomic E-state index is 0.178. The average Bonchev–Trinajstić information content (AvgIpc) is 2.31. The quantitative estimate of drug-likeness (QED) is 0.842. The van der Waals surface area contributed by atoms with Gasteiger partial charge in [-0.05, 0) is 17.5 Å². The molecule has 2 atom stereocenters. The third-order valence-electron chi connectivity index (χ3n) is 3.04. The fourth-order valence-electron chi connectivity index (χ4n) is 1.61. The normalized spacial score (nSPS) is 14.8. The van der Waals surface area contributed by atoms with Gasteiger partial charge in [-0.1, -0.05) is 54.4 Å². The molecule has 0 aromatic heterocycles. The van der Waals surface area contributed by atoms with Crippen LogP contribution < -0.4 is 5.32 Å². The monoisotopic (exact) mass is 285 g/mol. The third-order valence-corrected chi connectivity index (χ3v) is 3.81. The predicted octanol–water partition coefficient (Wildman–Crippen LogP) is 2.95. The summed E-state index contributed by atoms with van der Waals surface area (Å²) in [4.78, 5) is 0. The van der Waals surface area contributed by atoms with E-state index in [0.717, 1.165) is 17.4 Å². The number of nitrogens with one attached hydrogen (secondary N) is 1. The second kappa shape index (κ2) is 7.05. The van der Waals surface area contributed by atoms with Gasteiger partial charge in [-0.2, -0.15) is 0 Å². The first kappa shape index (κ1) is 13.7. The first-order valence-corrected chi connectivity index (χ1v) is 6.56. The van der Waals surface area contributed by atoms with Crippen molar-refractivity contribution >= 4 is 15.9 Å². The maximum absolute atomic E-state index is 9.30. The molecule has 0 bridgehead atoms. The van der Waals surface area contributed by atoms with Crippen molar-refractivity contribution in [2.45, 2.75) is 32.9 Å². The van der Waals surface area contributed by atoms with E-state index in [0.29, 0.717) is 5.92 Å². The zero-order valence-corrected chi connectivity index (χ0v) is 11.5. The molecule has 2 unspecified atom stereocenters. The summed E-state index contributed by atoms with van der Waals surface area (Å²) in [6, 6.07) is 8.33. The van der Waals surface area contributed by atoms with E-state index < -0.39 is 0 Å². The number of rotatable bonds is 6. The molecule has 0 heterocycles. The van der Waals surface area contributed by atoms with Crippen LogP contribution in [0, 0.1) is 5.92 Å². The molecule has 0 saturated heterocycles. The third kappa shape index (κ3) is 3.89. The average molecular weight is 286 g/mol. The highest BCUT2D eigenvalue weighted by molar-refractivity contribution is 9.10. The van der Waals surface area contributed by atoms with Crippen LogP contribution in [0.5, 0.6) is 0 Å². The molecule has 0 fully saturated rings. The maximum atomic E-state index is 9.30. The molecular weight excluding hydrogens is 266 g/mol. The Morgan fingerprint density at radius 1 is 1.38 bits per heavy atom. The van der Waals surface area contributed by atoms with Crippen molar-refractivity contribution in [3.63, 3.8) is 0 Å². The van der Waals surface area contributed by atoms with E-state index in [-0.39, 0.29) is 12.6 Å². The topological polar surface area (TPSA) is 32.3 Å². The zero-order valence-electron chi connectivity index (χ0n) is 9.91. The molecule has 0 aliphatic carbocycles. The second-order valence-electron chi connectivity index (χ2n) is 4.15. The van der Waals surface area contributed by atoms with E-state index in [1.165, 1.54) is 5.56 Å². The van der Waals surface area contributed by atoms with Crippen molar-refractivity contribution in [2.75, 3.05) is 6.61 Å². The molecule has 16 heavy (non-hydrogen) atoms. The van der Waals surface area contributed by atoms with E-state index in [2.05, 4.69) is 41.2 Å². The smallest absolute Gasteiger partial charge is 0.0587 e. The summed E-state index contributed by atoms with van der Waals surface area (Å²) in [5, 5.41) is 12.7. The first-order valence-electron chi connectivity index (χ1n) is 5.76. The molecule has 0 spiro atoms. The van der Waals surface area contributed by atoms with E-state index in [4.69, 9.17) is 0 Å². The molecule has 2 nitrogen and oxygen atoms in total. The summed E-state index contributed by atoms with van der Waals surface area (Å²) in [5.74, 6) is 0.493. The summed E-state index contributed by atoms with van der Waals surface area (Å²) in [5.41, 5.74) is 1.23. The Labute approximate surface area is 106 Å². The minimum absolute atomic E-state index is 0.178. The molecule has 1 aromatic carbocycles. The molecule has 0 aliphatic rings. The highest BCUT2D eigenvalue weighted by atomic mass is 79.9. The molecular formula is C13H20BrNO. The zero-order chi connectivity index (χ0) is 12.0. The van der Waals surface area contributed by atoms with Crippen LogP contribution in [-0.2, 0) is 6.54 Å². The van der Waals surface area contributed by atoms with Crippen molar-refractivity contribution in [3.8, 4) is 0 Å². The van der Waals surface area contributed by atoms with Gasteiger partial charge in [-0.15, -0.1) is 0 Å². The number of hydrogen-bond donors (Lipinski definition) is 2. The van der Waals surface area contributed by atoms with Gasteiger partial charge in [0.25, 0.3) is 0 Å². The lowest BCUT2D eigenvalue weighted by Gasteiger charge is -2.22. The van der Waals surface area contributed by atoms with Crippen molar-refractivity contribution in [1.82, 2.24) is 5.32 Å². The van der Waals surface area contributed by atoms with Gasteiger partial charge in [0.15, 0.2) is 0 Å². The number of aliphatic hydroxyl groups is 1. The molecule has 2 N–H and O–H groups in total. The van der Waals surface area contributed by atoms with Crippen LogP contribution in [0.15, 0.2) is 28.7 Å². The second-order valence-corrected chi connectivity index (χ2v) is 5.00. The van der Waals surface area contributed by atoms with Gasteiger partial charge in [0.05, 0.1) is 6.61 Å². The summed E-state index contributed by atoms with van der Waals surface area (Å²) in [6.45, 7) is 5.29. The van der Waals surface area contributed by atoms with Gasteiger partial charge in [0.2, 0.25) is 0 Å². The van der Waals surface area contributed by atoms with Crippen LogP contribution in [0.4, 0.5) is 0 Å². The Morgan fingerprint density at radius 3 is 2.62 bits per heavy atom. The summed E-state index contributed by atoms with van der Waals surface area (Å²) < 4.78 is 1.11. The number of halogens is 1. The van der Waals surface area contributed by atoms with Crippen LogP contribution in [0.2, 0.25) is 0 Å². The minimum Gasteiger partial charge on any atom is -0.395 e. The fraction of sp³-hybridized carbons (Fsp3) is 0.538. The number of aliphatic hydroxyl groups excluding tert-OH is 1. The lowest BCUT2D eigenvalue weighted by atomic mass is 10.00. The maximum Gasteiger partial charge on any atom is 0.0587 e. The van der Waals surface area contributed by atoms with Crippen LogP contribution in [0.3, 0.4) is 0 Å². The van der Waals surface area contributed by atoms with Crippen molar-refractivity contribution in [1.29, 1.82) is 0 Å². The molecule has 90 valence electrons. The Hall–Kier alpha value is -0.380. The molecule has 0 saturated carbocycles. The van der Waals surface area contributed by atoms with Gasteiger partial charge in [-0.3, -0.25) is 0 Å². The molecule has 1 aromatic rings. The Kier molecular flexibility index (Phi) is 6.03. The fourth-order valence-corrected chi connectivity index (χ4v) is 2.04. The van der Waals surface area contributed by atoms with Gasteiger partial charge < -0.3 is 10.4 Å². The summed E-state index contributed by atoms with van der Waals surface area (Å²) >= 11 is 3.52. The summed E-state index contributed by atoms with van der Waals surface area (Å²) in [7, 11) is 0. The van der Waals surface area contributed by atoms with Crippen LogP contribution >= 0.6 is 15.9 Å². The van der Waals surface area contributed by atoms with Crippen molar-refractivity contribution < 1.29 is 5.11 Å². The molecule has 0 aliphatic heterocycles. The van der Waals surface area contributed by atoms with Gasteiger partial charge in [0, 0.05) is 17.1 Å². The van der Waals surface area contributed by atoms with Gasteiger partial charge in [0.1, 0.15) is 0 Å². The van der Waals surface area contributed by atoms with Gasteiger partial charge in [-0.25, -0.2) is 0 Å². The van der Waals surface area contributed by atoms with E-state index in [1.54, 1.807) is 0 Å². The number of hydrogen-bond acceptors (Lipinski definition) is 2. The van der Waals surface area contributed by atoms with Crippen molar-refractivity contribution in [3.05, 3.63) is 34.3 Å². The van der Waals surface area contributed by atoms with Crippen LogP contribution in [-0.4, -0.2) is 17.8 Å². The first-order chi connectivity index (χ1) is 7.69.